The molecule has 0 spiro atoms. The summed E-state index contributed by atoms with van der Waals surface area (Å²) in [7, 11) is 0. The van der Waals surface area contributed by atoms with E-state index in [1.807, 2.05) is 49.4 Å². The van der Waals surface area contributed by atoms with Crippen LogP contribution in [0.25, 0.3) is 16.6 Å². The van der Waals surface area contributed by atoms with E-state index in [4.69, 9.17) is 0 Å². The van der Waals surface area contributed by atoms with Crippen LogP contribution in [0.1, 0.15) is 16.1 Å². The molecule has 1 amide bonds. The van der Waals surface area contributed by atoms with Gasteiger partial charge in [-0.15, -0.1) is 11.3 Å². The molecule has 0 aliphatic carbocycles. The first kappa shape index (κ1) is 16.1. The molecule has 2 aromatic heterocycles. The second kappa shape index (κ2) is 7.66. The molecule has 0 bridgehead atoms. The minimum atomic E-state index is -0.132. The molecule has 0 aliphatic rings. The fourth-order valence-electron chi connectivity index (χ4n) is 2.17. The van der Waals surface area contributed by atoms with Crippen LogP contribution in [0.2, 0.25) is 0 Å². The Hall–Kier alpha value is -2.79. The van der Waals surface area contributed by atoms with E-state index in [1.165, 1.54) is 6.08 Å². The maximum Gasteiger partial charge on any atom is 0.244 e. The van der Waals surface area contributed by atoms with Crippen molar-refractivity contribution in [1.29, 1.82) is 0 Å². The van der Waals surface area contributed by atoms with E-state index in [0.717, 1.165) is 26.7 Å². The summed E-state index contributed by atoms with van der Waals surface area (Å²) in [6, 6.07) is 13.8. The van der Waals surface area contributed by atoms with Crippen LogP contribution in [-0.2, 0) is 11.3 Å². The molecule has 0 fully saturated rings. The summed E-state index contributed by atoms with van der Waals surface area (Å²) in [6.45, 7) is 2.45. The van der Waals surface area contributed by atoms with E-state index in [0.29, 0.717) is 6.54 Å². The Kier molecular flexibility index (Phi) is 5.13. The minimum absolute atomic E-state index is 0.132. The molecule has 3 aromatic rings. The molecule has 0 unspecified atom stereocenters. The molecular weight excluding hydrogens is 318 g/mol. The number of pyridine rings is 1. The smallest absolute Gasteiger partial charge is 0.244 e. The number of aryl methyl sites for hydroxylation is 1. The van der Waals surface area contributed by atoms with E-state index < -0.39 is 0 Å². The van der Waals surface area contributed by atoms with Crippen LogP contribution in [0.3, 0.4) is 0 Å². The fraction of sp³-hybridized carbons (Fsp3) is 0.105. The molecule has 1 N–H and O–H groups in total. The maximum absolute atomic E-state index is 11.9. The SMILES string of the molecule is Cc1nc(-c2ccccc2)sc1CNC(=O)/C=C/c1cccnc1. The molecule has 0 aliphatic heterocycles. The molecule has 4 nitrogen and oxygen atoms in total. The van der Waals surface area contributed by atoms with Crippen LogP contribution in [-0.4, -0.2) is 15.9 Å². The minimum Gasteiger partial charge on any atom is -0.348 e. The van der Waals surface area contributed by atoms with Crippen LogP contribution in [0.5, 0.6) is 0 Å². The van der Waals surface area contributed by atoms with Crippen LogP contribution in [0, 0.1) is 6.92 Å². The molecular formula is C19H17N3OS. The zero-order valence-electron chi connectivity index (χ0n) is 13.3. The molecule has 120 valence electrons. The molecule has 24 heavy (non-hydrogen) atoms. The van der Waals surface area contributed by atoms with Gasteiger partial charge in [0, 0.05) is 28.9 Å². The van der Waals surface area contributed by atoms with Gasteiger partial charge in [0.25, 0.3) is 0 Å². The van der Waals surface area contributed by atoms with Crippen LogP contribution < -0.4 is 5.32 Å². The summed E-state index contributed by atoms with van der Waals surface area (Å²) in [4.78, 5) is 21.6. The van der Waals surface area contributed by atoms with Gasteiger partial charge in [-0.1, -0.05) is 36.4 Å². The lowest BCUT2D eigenvalue weighted by Gasteiger charge is -2.00. The Balaban J connectivity index is 1.62. The molecule has 1 aromatic carbocycles. The number of carbonyl (C=O) groups is 1. The maximum atomic E-state index is 11.9. The van der Waals surface area contributed by atoms with Crippen molar-refractivity contribution in [3.8, 4) is 10.6 Å². The fourth-order valence-corrected chi connectivity index (χ4v) is 3.18. The highest BCUT2D eigenvalue weighted by atomic mass is 32.1. The van der Waals surface area contributed by atoms with Gasteiger partial charge in [-0.05, 0) is 24.6 Å². The van der Waals surface area contributed by atoms with Gasteiger partial charge < -0.3 is 5.32 Å². The van der Waals surface area contributed by atoms with E-state index >= 15 is 0 Å². The topological polar surface area (TPSA) is 54.9 Å². The molecule has 0 radical (unpaired) electrons. The van der Waals surface area contributed by atoms with Gasteiger partial charge in [-0.2, -0.15) is 0 Å². The summed E-state index contributed by atoms with van der Waals surface area (Å²) in [6.07, 6.45) is 6.68. The quantitative estimate of drug-likeness (QED) is 0.721. The van der Waals surface area contributed by atoms with Crippen molar-refractivity contribution in [2.24, 2.45) is 0 Å². The van der Waals surface area contributed by atoms with Crippen LogP contribution in [0.15, 0.2) is 60.9 Å². The molecule has 0 atom stereocenters. The lowest BCUT2D eigenvalue weighted by molar-refractivity contribution is -0.116. The molecule has 3 rings (SSSR count). The van der Waals surface area contributed by atoms with Crippen molar-refractivity contribution < 1.29 is 4.79 Å². The predicted molar refractivity (Wildman–Crippen MR) is 97.4 cm³/mol. The van der Waals surface area contributed by atoms with Gasteiger partial charge >= 0.3 is 0 Å². The number of carbonyl (C=O) groups excluding carboxylic acids is 1. The van der Waals surface area contributed by atoms with E-state index in [-0.39, 0.29) is 5.91 Å². The highest BCUT2D eigenvalue weighted by Crippen LogP contribution is 2.27. The number of thiazole rings is 1. The molecule has 2 heterocycles. The number of hydrogen-bond acceptors (Lipinski definition) is 4. The predicted octanol–water partition coefficient (Wildman–Crippen LogP) is 3.84. The first-order valence-corrected chi connectivity index (χ1v) is 8.41. The first-order chi connectivity index (χ1) is 11.7. The summed E-state index contributed by atoms with van der Waals surface area (Å²) in [5, 5.41) is 3.87. The van der Waals surface area contributed by atoms with Gasteiger partial charge in [-0.3, -0.25) is 9.78 Å². The average Bonchev–Trinajstić information content (AvgIpc) is 3.01. The van der Waals surface area contributed by atoms with E-state index in [1.54, 1.807) is 29.8 Å². The Morgan fingerprint density at radius 1 is 1.21 bits per heavy atom. The van der Waals surface area contributed by atoms with Gasteiger partial charge in [-0.25, -0.2) is 4.98 Å². The summed E-state index contributed by atoms with van der Waals surface area (Å²) in [5.41, 5.74) is 2.95. The lowest BCUT2D eigenvalue weighted by Crippen LogP contribution is -2.20. The third-order valence-corrected chi connectivity index (χ3v) is 4.65. The second-order valence-corrected chi connectivity index (χ2v) is 6.31. The Morgan fingerprint density at radius 2 is 2.04 bits per heavy atom. The summed E-state index contributed by atoms with van der Waals surface area (Å²) < 4.78 is 0. The first-order valence-electron chi connectivity index (χ1n) is 7.60. The van der Waals surface area contributed by atoms with Crippen molar-refractivity contribution in [2.45, 2.75) is 13.5 Å². The Labute approximate surface area is 144 Å². The van der Waals surface area contributed by atoms with E-state index in [2.05, 4.69) is 15.3 Å². The highest BCUT2D eigenvalue weighted by molar-refractivity contribution is 7.15. The van der Waals surface area contributed by atoms with Gasteiger partial charge in [0.1, 0.15) is 5.01 Å². The lowest BCUT2D eigenvalue weighted by atomic mass is 10.2. The Bertz CT molecular complexity index is 842. The molecule has 0 saturated carbocycles. The van der Waals surface area contributed by atoms with Crippen molar-refractivity contribution >= 4 is 23.3 Å². The molecule has 5 heteroatoms. The highest BCUT2D eigenvalue weighted by Gasteiger charge is 2.09. The average molecular weight is 335 g/mol. The van der Waals surface area contributed by atoms with Crippen molar-refractivity contribution in [3.05, 3.63) is 77.1 Å². The largest absolute Gasteiger partial charge is 0.348 e. The third-order valence-electron chi connectivity index (χ3n) is 3.45. The van der Waals surface area contributed by atoms with Crippen molar-refractivity contribution in [3.63, 3.8) is 0 Å². The van der Waals surface area contributed by atoms with Gasteiger partial charge in [0.05, 0.1) is 12.2 Å². The number of rotatable bonds is 5. The number of benzene rings is 1. The van der Waals surface area contributed by atoms with Gasteiger partial charge in [0.15, 0.2) is 0 Å². The number of amides is 1. The third kappa shape index (κ3) is 4.14. The monoisotopic (exact) mass is 335 g/mol. The van der Waals surface area contributed by atoms with Gasteiger partial charge in [0.2, 0.25) is 5.91 Å². The van der Waals surface area contributed by atoms with Crippen LogP contribution in [0.4, 0.5) is 0 Å². The van der Waals surface area contributed by atoms with Crippen LogP contribution >= 0.6 is 11.3 Å². The molecule has 0 saturated heterocycles. The van der Waals surface area contributed by atoms with Crippen molar-refractivity contribution in [1.82, 2.24) is 15.3 Å². The zero-order chi connectivity index (χ0) is 16.8. The Morgan fingerprint density at radius 3 is 2.79 bits per heavy atom. The summed E-state index contributed by atoms with van der Waals surface area (Å²) >= 11 is 1.61. The standard InChI is InChI=1S/C19H17N3OS/c1-14-17(24-19(22-14)16-7-3-2-4-8-16)13-21-18(23)10-9-15-6-5-11-20-12-15/h2-12H,13H2,1H3,(H,21,23)/b10-9+. The normalized spacial score (nSPS) is 10.9. The second-order valence-electron chi connectivity index (χ2n) is 5.23. The number of aromatic nitrogens is 2. The summed E-state index contributed by atoms with van der Waals surface area (Å²) in [5.74, 6) is -0.132. The van der Waals surface area contributed by atoms with Crippen molar-refractivity contribution in [2.75, 3.05) is 0 Å². The number of nitrogens with zero attached hydrogens (tertiary/aromatic N) is 2. The number of nitrogens with one attached hydrogen (secondary N) is 1. The van der Waals surface area contributed by atoms with E-state index in [9.17, 15) is 4.79 Å². The number of hydrogen-bond donors (Lipinski definition) is 1. The zero-order valence-corrected chi connectivity index (χ0v) is 14.1.